The molecule has 3 rings (SSSR count). The maximum absolute atomic E-state index is 13.1. The molecule has 0 amide bonds. The van der Waals surface area contributed by atoms with Crippen molar-refractivity contribution in [3.63, 3.8) is 0 Å². The predicted molar refractivity (Wildman–Crippen MR) is 119 cm³/mol. The van der Waals surface area contributed by atoms with Gasteiger partial charge in [-0.15, -0.1) is 6.58 Å². The maximum atomic E-state index is 13.1. The van der Waals surface area contributed by atoms with Crippen molar-refractivity contribution in [3.05, 3.63) is 83.4 Å². The Balaban J connectivity index is 1.98. The zero-order valence-electron chi connectivity index (χ0n) is 18.9. The van der Waals surface area contributed by atoms with Gasteiger partial charge in [-0.2, -0.15) is 26.3 Å². The second-order valence-corrected chi connectivity index (χ2v) is 8.86. The number of hydrogen-bond donors (Lipinski definition) is 1. The lowest BCUT2D eigenvalue weighted by Gasteiger charge is -2.44. The Labute approximate surface area is 200 Å². The number of carboxylic acid groups (broad SMARTS) is 1. The van der Waals surface area contributed by atoms with E-state index in [0.717, 1.165) is 24.3 Å². The van der Waals surface area contributed by atoms with Gasteiger partial charge in [-0.25, -0.2) is 0 Å². The van der Waals surface area contributed by atoms with Crippen molar-refractivity contribution in [1.29, 1.82) is 0 Å². The average molecular weight is 499 g/mol. The van der Waals surface area contributed by atoms with Crippen LogP contribution in [0.3, 0.4) is 0 Å². The Kier molecular flexibility index (Phi) is 8.30. The van der Waals surface area contributed by atoms with Crippen LogP contribution in [0, 0.1) is 5.92 Å². The number of likely N-dealkylation sites (tertiary alicyclic amines) is 1. The predicted octanol–water partition coefficient (Wildman–Crippen LogP) is 7.66. The van der Waals surface area contributed by atoms with Crippen molar-refractivity contribution >= 4 is 5.97 Å². The first-order valence-corrected chi connectivity index (χ1v) is 11.3. The van der Waals surface area contributed by atoms with Gasteiger partial charge in [-0.3, -0.25) is 9.69 Å². The summed E-state index contributed by atoms with van der Waals surface area (Å²) in [5.41, 5.74) is -0.267. The molecule has 1 N–H and O–H groups in total. The summed E-state index contributed by atoms with van der Waals surface area (Å²) in [5, 5.41) is 9.27. The Morgan fingerprint density at radius 1 is 1.00 bits per heavy atom. The zero-order valence-corrected chi connectivity index (χ0v) is 18.9. The molecule has 2 aromatic carbocycles. The van der Waals surface area contributed by atoms with E-state index in [1.807, 2.05) is 0 Å². The van der Waals surface area contributed by atoms with Crippen LogP contribution in [0.4, 0.5) is 26.3 Å². The molecule has 3 atom stereocenters. The van der Waals surface area contributed by atoms with E-state index in [1.54, 1.807) is 6.08 Å². The molecule has 3 nitrogen and oxygen atoms in total. The summed E-state index contributed by atoms with van der Waals surface area (Å²) in [5.74, 6) is -1.11. The Hall–Kier alpha value is -2.81. The van der Waals surface area contributed by atoms with E-state index in [-0.39, 0.29) is 24.4 Å². The molecule has 1 fully saturated rings. The van der Waals surface area contributed by atoms with Crippen molar-refractivity contribution in [2.75, 3.05) is 6.54 Å². The van der Waals surface area contributed by atoms with Crippen LogP contribution in [0.5, 0.6) is 0 Å². The van der Waals surface area contributed by atoms with E-state index in [9.17, 15) is 36.2 Å². The van der Waals surface area contributed by atoms with Gasteiger partial charge in [0.25, 0.3) is 0 Å². The van der Waals surface area contributed by atoms with Crippen LogP contribution in [-0.4, -0.2) is 22.5 Å². The molecule has 0 bridgehead atoms. The molecule has 1 heterocycles. The van der Waals surface area contributed by atoms with Gasteiger partial charge < -0.3 is 5.11 Å². The summed E-state index contributed by atoms with van der Waals surface area (Å²) >= 11 is 0. The number of carbonyl (C=O) groups is 1. The highest BCUT2D eigenvalue weighted by atomic mass is 19.4. The van der Waals surface area contributed by atoms with Crippen molar-refractivity contribution in [3.8, 4) is 0 Å². The molecule has 35 heavy (non-hydrogen) atoms. The average Bonchev–Trinajstić information content (AvgIpc) is 2.79. The first-order valence-electron chi connectivity index (χ1n) is 11.3. The largest absolute Gasteiger partial charge is 0.481 e. The third-order valence-electron chi connectivity index (χ3n) is 6.51. The molecule has 0 saturated carbocycles. The second-order valence-electron chi connectivity index (χ2n) is 8.86. The van der Waals surface area contributed by atoms with Crippen LogP contribution < -0.4 is 0 Å². The molecule has 1 saturated heterocycles. The molecule has 0 aromatic heterocycles. The fraction of sp³-hybridized carbons (Fsp3) is 0.423. The number of alkyl halides is 6. The lowest BCUT2D eigenvalue weighted by molar-refractivity contribution is -0.139. The number of allylic oxidation sites excluding steroid dienone is 1. The van der Waals surface area contributed by atoms with Gasteiger partial charge >= 0.3 is 18.3 Å². The molecule has 190 valence electrons. The number of nitrogens with zero attached hydrogens (tertiary/aromatic N) is 1. The van der Waals surface area contributed by atoms with Gasteiger partial charge in [0.1, 0.15) is 0 Å². The summed E-state index contributed by atoms with van der Waals surface area (Å²) in [6, 6.07) is 9.05. The van der Waals surface area contributed by atoms with Gasteiger partial charge in [0.2, 0.25) is 0 Å². The Bertz CT molecular complexity index is 998. The van der Waals surface area contributed by atoms with Gasteiger partial charge in [-0.05, 0) is 73.5 Å². The van der Waals surface area contributed by atoms with Gasteiger partial charge in [0, 0.05) is 18.5 Å². The van der Waals surface area contributed by atoms with E-state index in [0.29, 0.717) is 43.4 Å². The fourth-order valence-electron chi connectivity index (χ4n) is 4.78. The van der Waals surface area contributed by atoms with Gasteiger partial charge in [-0.1, -0.05) is 30.3 Å². The van der Waals surface area contributed by atoms with Crippen LogP contribution in [-0.2, 0) is 17.1 Å². The van der Waals surface area contributed by atoms with E-state index in [1.165, 1.54) is 24.3 Å². The number of rotatable bonds is 8. The fourth-order valence-corrected chi connectivity index (χ4v) is 4.78. The summed E-state index contributed by atoms with van der Waals surface area (Å²) in [4.78, 5) is 13.4. The molecular formula is C26H27F6NO2. The van der Waals surface area contributed by atoms with Crippen LogP contribution >= 0.6 is 0 Å². The van der Waals surface area contributed by atoms with Crippen molar-refractivity contribution in [2.24, 2.45) is 5.92 Å². The lowest BCUT2D eigenvalue weighted by Crippen LogP contribution is -2.40. The summed E-state index contributed by atoms with van der Waals surface area (Å²) in [6.07, 6.45) is -5.17. The van der Waals surface area contributed by atoms with E-state index in [4.69, 9.17) is 0 Å². The summed E-state index contributed by atoms with van der Waals surface area (Å²) in [7, 11) is 0. The third-order valence-corrected chi connectivity index (χ3v) is 6.51. The minimum Gasteiger partial charge on any atom is -0.481 e. The number of benzene rings is 2. The van der Waals surface area contributed by atoms with E-state index < -0.39 is 29.4 Å². The number of hydrogen-bond acceptors (Lipinski definition) is 2. The standard InChI is InChI=1S/C26H27F6NO2/c1-2-3-4-22(18-5-9-20(10-6-18)25(27,28)29)33-14-13-17(16-24(34)35)15-23(33)19-7-11-21(12-8-19)26(30,31)32/h2,5-12,17,22-23H,1,3-4,13-16H2,(H,34,35)/t17-,22-,23+/m1/s1. The third kappa shape index (κ3) is 6.87. The highest BCUT2D eigenvalue weighted by Crippen LogP contribution is 2.43. The minimum absolute atomic E-state index is 0.0530. The number of piperidine rings is 1. The van der Waals surface area contributed by atoms with Crippen LogP contribution in [0.25, 0.3) is 0 Å². The minimum atomic E-state index is -4.48. The SMILES string of the molecule is C=CCC[C@H](c1ccc(C(F)(F)F)cc1)N1CC[C@@H](CC(=O)O)C[C@H]1c1ccc(C(F)(F)F)cc1. The van der Waals surface area contributed by atoms with Crippen molar-refractivity contribution in [1.82, 2.24) is 4.90 Å². The topological polar surface area (TPSA) is 40.5 Å². The number of aliphatic carboxylic acids is 1. The normalized spacial score (nSPS) is 20.4. The number of carboxylic acids is 1. The molecule has 2 aromatic rings. The van der Waals surface area contributed by atoms with Crippen LogP contribution in [0.2, 0.25) is 0 Å². The quantitative estimate of drug-likeness (QED) is 0.299. The molecule has 0 aliphatic carbocycles. The lowest BCUT2D eigenvalue weighted by atomic mass is 9.82. The highest BCUT2D eigenvalue weighted by Gasteiger charge is 2.37. The molecule has 1 aliphatic rings. The Morgan fingerprint density at radius 3 is 2.03 bits per heavy atom. The maximum Gasteiger partial charge on any atom is 0.416 e. The Morgan fingerprint density at radius 2 is 1.54 bits per heavy atom. The zero-order chi connectivity index (χ0) is 25.8. The molecule has 0 unspecified atom stereocenters. The molecule has 1 aliphatic heterocycles. The monoisotopic (exact) mass is 499 g/mol. The van der Waals surface area contributed by atoms with Gasteiger partial charge in [0.05, 0.1) is 11.1 Å². The first kappa shape index (κ1) is 26.8. The summed E-state index contributed by atoms with van der Waals surface area (Å²) in [6.45, 7) is 4.20. The van der Waals surface area contributed by atoms with Crippen molar-refractivity contribution < 1.29 is 36.2 Å². The second kappa shape index (κ2) is 10.8. The van der Waals surface area contributed by atoms with Crippen LogP contribution in [0.1, 0.15) is 66.4 Å². The highest BCUT2D eigenvalue weighted by molar-refractivity contribution is 5.67. The van der Waals surface area contributed by atoms with E-state index in [2.05, 4.69) is 11.5 Å². The van der Waals surface area contributed by atoms with Gasteiger partial charge in [0.15, 0.2) is 0 Å². The number of halogens is 6. The first-order chi connectivity index (χ1) is 16.4. The van der Waals surface area contributed by atoms with Crippen molar-refractivity contribution in [2.45, 2.75) is 56.5 Å². The van der Waals surface area contributed by atoms with Crippen LogP contribution in [0.15, 0.2) is 61.2 Å². The summed E-state index contributed by atoms with van der Waals surface area (Å²) < 4.78 is 78.5. The molecule has 0 radical (unpaired) electrons. The van der Waals surface area contributed by atoms with E-state index >= 15 is 0 Å². The molecular weight excluding hydrogens is 472 g/mol. The smallest absolute Gasteiger partial charge is 0.416 e. The molecule has 9 heteroatoms. The molecule has 0 spiro atoms.